The summed E-state index contributed by atoms with van der Waals surface area (Å²) in [6.07, 6.45) is 1.34. The highest BCUT2D eigenvalue weighted by molar-refractivity contribution is 6.04. The van der Waals surface area contributed by atoms with Crippen molar-refractivity contribution in [2.75, 3.05) is 5.32 Å². The van der Waals surface area contributed by atoms with E-state index in [0.717, 1.165) is 0 Å². The number of pyridine rings is 1. The van der Waals surface area contributed by atoms with Crippen molar-refractivity contribution < 1.29 is 14.7 Å². The highest BCUT2D eigenvalue weighted by Crippen LogP contribution is 2.09. The number of carboxylic acids is 1. The van der Waals surface area contributed by atoms with Crippen LogP contribution in [-0.2, 0) is 0 Å². The van der Waals surface area contributed by atoms with Gasteiger partial charge < -0.3 is 10.4 Å². The van der Waals surface area contributed by atoms with Gasteiger partial charge in [0.25, 0.3) is 5.91 Å². The molecule has 0 spiro atoms. The van der Waals surface area contributed by atoms with Crippen LogP contribution in [0.2, 0.25) is 0 Å². The molecule has 2 N–H and O–H groups in total. The molecule has 5 heteroatoms. The summed E-state index contributed by atoms with van der Waals surface area (Å²) < 4.78 is 0. The maximum absolute atomic E-state index is 11.8. The number of amides is 1. The Morgan fingerprint density at radius 3 is 2.44 bits per heavy atom. The fourth-order valence-corrected chi connectivity index (χ4v) is 1.41. The van der Waals surface area contributed by atoms with Gasteiger partial charge in [-0.15, -0.1) is 0 Å². The largest absolute Gasteiger partial charge is 0.478 e. The summed E-state index contributed by atoms with van der Waals surface area (Å²) in [6.45, 7) is 0. The number of nitrogens with one attached hydrogen (secondary N) is 1. The number of aromatic carboxylic acids is 1. The standard InChI is InChI=1S/C13H10N2O3/c16-12(9-4-2-1-3-5-9)15-11-8-10(13(17)18)6-7-14-11/h1-8H,(H,17,18)(H,14,15,16). The number of anilines is 1. The number of hydrogen-bond donors (Lipinski definition) is 2. The second-order valence-electron chi connectivity index (χ2n) is 3.56. The first-order valence-electron chi connectivity index (χ1n) is 5.22. The number of carbonyl (C=O) groups excluding carboxylic acids is 1. The third-order valence-electron chi connectivity index (χ3n) is 2.28. The molecule has 0 radical (unpaired) electrons. The SMILES string of the molecule is O=C(O)c1ccnc(NC(=O)c2ccccc2)c1. The molecular formula is C13H10N2O3. The third kappa shape index (κ3) is 2.70. The average molecular weight is 242 g/mol. The van der Waals surface area contributed by atoms with Crippen LogP contribution >= 0.6 is 0 Å². The normalized spacial score (nSPS) is 9.78. The smallest absolute Gasteiger partial charge is 0.335 e. The lowest BCUT2D eigenvalue weighted by atomic mass is 10.2. The van der Waals surface area contributed by atoms with E-state index in [1.54, 1.807) is 30.3 Å². The minimum atomic E-state index is -1.06. The molecule has 0 aliphatic carbocycles. The summed E-state index contributed by atoms with van der Waals surface area (Å²) in [6, 6.07) is 11.3. The molecule has 0 atom stereocenters. The van der Waals surface area contributed by atoms with Gasteiger partial charge in [0.05, 0.1) is 5.56 Å². The minimum Gasteiger partial charge on any atom is -0.478 e. The van der Waals surface area contributed by atoms with Crippen LogP contribution in [0.25, 0.3) is 0 Å². The van der Waals surface area contributed by atoms with Crippen molar-refractivity contribution in [1.29, 1.82) is 0 Å². The summed E-state index contributed by atoms with van der Waals surface area (Å²) in [5, 5.41) is 11.4. The van der Waals surface area contributed by atoms with Crippen LogP contribution in [0.15, 0.2) is 48.7 Å². The van der Waals surface area contributed by atoms with Gasteiger partial charge >= 0.3 is 5.97 Å². The van der Waals surface area contributed by atoms with Gasteiger partial charge in [0, 0.05) is 11.8 Å². The maximum Gasteiger partial charge on any atom is 0.335 e. The van der Waals surface area contributed by atoms with E-state index in [1.165, 1.54) is 18.3 Å². The molecule has 1 aromatic heterocycles. The predicted octanol–water partition coefficient (Wildman–Crippen LogP) is 2.03. The molecule has 0 aliphatic heterocycles. The lowest BCUT2D eigenvalue weighted by molar-refractivity contribution is 0.0696. The zero-order valence-corrected chi connectivity index (χ0v) is 9.33. The van der Waals surface area contributed by atoms with E-state index in [2.05, 4.69) is 10.3 Å². The Bertz CT molecular complexity index is 582. The molecule has 1 amide bonds. The monoisotopic (exact) mass is 242 g/mol. The summed E-state index contributed by atoms with van der Waals surface area (Å²) in [5.74, 6) is -1.18. The number of benzene rings is 1. The van der Waals surface area contributed by atoms with Crippen LogP contribution in [0.5, 0.6) is 0 Å². The number of nitrogens with zero attached hydrogens (tertiary/aromatic N) is 1. The average Bonchev–Trinajstić information content (AvgIpc) is 2.40. The molecule has 0 aliphatic rings. The zero-order chi connectivity index (χ0) is 13.0. The first-order chi connectivity index (χ1) is 8.66. The van der Waals surface area contributed by atoms with E-state index in [0.29, 0.717) is 5.56 Å². The van der Waals surface area contributed by atoms with E-state index >= 15 is 0 Å². The molecule has 18 heavy (non-hydrogen) atoms. The van der Waals surface area contributed by atoms with E-state index in [4.69, 9.17) is 5.11 Å². The topological polar surface area (TPSA) is 79.3 Å². The van der Waals surface area contributed by atoms with E-state index < -0.39 is 5.97 Å². The minimum absolute atomic E-state index is 0.0772. The molecule has 2 aromatic rings. The van der Waals surface area contributed by atoms with Gasteiger partial charge in [0.1, 0.15) is 5.82 Å². The molecule has 5 nitrogen and oxygen atoms in total. The van der Waals surface area contributed by atoms with Crippen molar-refractivity contribution in [3.63, 3.8) is 0 Å². The van der Waals surface area contributed by atoms with Gasteiger partial charge in [-0.2, -0.15) is 0 Å². The highest BCUT2D eigenvalue weighted by atomic mass is 16.4. The van der Waals surface area contributed by atoms with Crippen molar-refractivity contribution in [2.45, 2.75) is 0 Å². The van der Waals surface area contributed by atoms with Crippen LogP contribution in [0, 0.1) is 0 Å². The van der Waals surface area contributed by atoms with Crippen LogP contribution < -0.4 is 5.32 Å². The highest BCUT2D eigenvalue weighted by Gasteiger charge is 2.08. The van der Waals surface area contributed by atoms with E-state index in [9.17, 15) is 9.59 Å². The molecule has 0 fully saturated rings. The number of rotatable bonds is 3. The lowest BCUT2D eigenvalue weighted by Gasteiger charge is -2.04. The first-order valence-corrected chi connectivity index (χ1v) is 5.22. The van der Waals surface area contributed by atoms with E-state index in [1.807, 2.05) is 0 Å². The maximum atomic E-state index is 11.8. The molecular weight excluding hydrogens is 232 g/mol. The number of carbonyl (C=O) groups is 2. The zero-order valence-electron chi connectivity index (χ0n) is 9.33. The molecule has 90 valence electrons. The first kappa shape index (κ1) is 11.8. The Kier molecular flexibility index (Phi) is 3.33. The molecule has 2 rings (SSSR count). The quantitative estimate of drug-likeness (QED) is 0.863. The predicted molar refractivity (Wildman–Crippen MR) is 65.6 cm³/mol. The van der Waals surface area contributed by atoms with Gasteiger partial charge in [-0.25, -0.2) is 9.78 Å². The van der Waals surface area contributed by atoms with Crippen LogP contribution in [0.4, 0.5) is 5.82 Å². The van der Waals surface area contributed by atoms with Crippen molar-refractivity contribution in [2.24, 2.45) is 0 Å². The van der Waals surface area contributed by atoms with Crippen LogP contribution in [0.1, 0.15) is 20.7 Å². The van der Waals surface area contributed by atoms with Crippen LogP contribution in [0.3, 0.4) is 0 Å². The lowest BCUT2D eigenvalue weighted by Crippen LogP contribution is -2.13. The molecule has 0 saturated heterocycles. The van der Waals surface area contributed by atoms with Gasteiger partial charge in [-0.1, -0.05) is 18.2 Å². The number of aromatic nitrogens is 1. The Morgan fingerprint density at radius 1 is 1.06 bits per heavy atom. The number of hydrogen-bond acceptors (Lipinski definition) is 3. The van der Waals surface area contributed by atoms with E-state index in [-0.39, 0.29) is 17.3 Å². The van der Waals surface area contributed by atoms with Crippen LogP contribution in [-0.4, -0.2) is 22.0 Å². The fourth-order valence-electron chi connectivity index (χ4n) is 1.41. The van der Waals surface area contributed by atoms with Gasteiger partial charge in [-0.05, 0) is 24.3 Å². The molecule has 0 unspecified atom stereocenters. The Balaban J connectivity index is 2.17. The molecule has 1 aromatic carbocycles. The second kappa shape index (κ2) is 5.09. The summed E-state index contributed by atoms with van der Waals surface area (Å²) in [7, 11) is 0. The molecule has 0 bridgehead atoms. The van der Waals surface area contributed by atoms with Crippen molar-refractivity contribution in [1.82, 2.24) is 4.98 Å². The fraction of sp³-hybridized carbons (Fsp3) is 0. The third-order valence-corrected chi connectivity index (χ3v) is 2.28. The Morgan fingerprint density at radius 2 is 1.78 bits per heavy atom. The molecule has 1 heterocycles. The molecule has 0 saturated carbocycles. The Labute approximate surface area is 103 Å². The summed E-state index contributed by atoms with van der Waals surface area (Å²) in [4.78, 5) is 26.5. The second-order valence-corrected chi connectivity index (χ2v) is 3.56. The van der Waals surface area contributed by atoms with Gasteiger partial charge in [-0.3, -0.25) is 4.79 Å². The summed E-state index contributed by atoms with van der Waals surface area (Å²) >= 11 is 0. The van der Waals surface area contributed by atoms with Gasteiger partial charge in [0.15, 0.2) is 0 Å². The van der Waals surface area contributed by atoms with Crippen molar-refractivity contribution in [3.05, 3.63) is 59.8 Å². The van der Waals surface area contributed by atoms with Gasteiger partial charge in [0.2, 0.25) is 0 Å². The Hall–Kier alpha value is -2.69. The number of carboxylic acid groups (broad SMARTS) is 1. The van der Waals surface area contributed by atoms with Crippen molar-refractivity contribution in [3.8, 4) is 0 Å². The van der Waals surface area contributed by atoms with Crippen molar-refractivity contribution >= 4 is 17.7 Å². The summed E-state index contributed by atoms with van der Waals surface area (Å²) in [5.41, 5.74) is 0.563.